The van der Waals surface area contributed by atoms with Crippen LogP contribution in [0.1, 0.15) is 27.3 Å². The Hall–Kier alpha value is -4.14. The van der Waals surface area contributed by atoms with Gasteiger partial charge in [0.15, 0.2) is 5.69 Å². The number of fused-ring (bicyclic) bond motifs is 1. The van der Waals surface area contributed by atoms with Crippen molar-refractivity contribution in [2.75, 3.05) is 44.7 Å². The number of carbonyl (C=O) groups excluding carboxylic acids is 1. The molecule has 1 amide bonds. The molecule has 0 spiro atoms. The lowest BCUT2D eigenvalue weighted by Gasteiger charge is -2.29. The van der Waals surface area contributed by atoms with Gasteiger partial charge in [0, 0.05) is 55.8 Å². The maximum Gasteiger partial charge on any atom is 0.276 e. The molecule has 1 saturated heterocycles. The van der Waals surface area contributed by atoms with E-state index in [0.717, 1.165) is 73.5 Å². The number of rotatable bonds is 7. The summed E-state index contributed by atoms with van der Waals surface area (Å²) in [5, 5.41) is 11.0. The highest BCUT2D eigenvalue weighted by Gasteiger charge is 2.19. The Morgan fingerprint density at radius 1 is 1.08 bits per heavy atom. The number of aromatic amines is 1. The molecule has 1 atom stereocenters. The summed E-state index contributed by atoms with van der Waals surface area (Å²) in [5.74, 6) is 0.0794. The van der Waals surface area contributed by atoms with Crippen LogP contribution in [0, 0.1) is 5.92 Å². The minimum atomic E-state index is -0.275. The summed E-state index contributed by atoms with van der Waals surface area (Å²) in [6, 6.07) is 20.0. The van der Waals surface area contributed by atoms with Crippen molar-refractivity contribution in [1.82, 2.24) is 20.1 Å². The number of hydrogen-bond acceptors (Lipinski definition) is 6. The summed E-state index contributed by atoms with van der Waals surface area (Å²) >= 11 is 0. The lowest BCUT2D eigenvalue weighted by atomic mass is 9.96. The van der Waals surface area contributed by atoms with Gasteiger partial charge in [-0.3, -0.25) is 24.8 Å². The Morgan fingerprint density at radius 2 is 1.95 bits per heavy atom. The fourth-order valence-corrected chi connectivity index (χ4v) is 5.00. The van der Waals surface area contributed by atoms with Crippen LogP contribution in [0.3, 0.4) is 0 Å². The third kappa shape index (κ3) is 5.56. The number of carbonyl (C=O) groups is 1. The predicted molar refractivity (Wildman–Crippen MR) is 150 cm³/mol. The van der Waals surface area contributed by atoms with Crippen molar-refractivity contribution < 1.29 is 9.53 Å². The van der Waals surface area contributed by atoms with Crippen LogP contribution in [0.25, 0.3) is 16.5 Å². The number of morpholine rings is 1. The zero-order valence-corrected chi connectivity index (χ0v) is 21.1. The van der Waals surface area contributed by atoms with Gasteiger partial charge in [-0.15, -0.1) is 0 Å². The summed E-state index contributed by atoms with van der Waals surface area (Å²) in [5.41, 5.74) is 6.03. The molecule has 1 fully saturated rings. The van der Waals surface area contributed by atoms with Crippen LogP contribution >= 0.6 is 0 Å². The first-order valence-corrected chi connectivity index (χ1v) is 13.0. The van der Waals surface area contributed by atoms with Crippen molar-refractivity contribution in [3.05, 3.63) is 95.5 Å². The molecule has 2 aliphatic rings. The highest BCUT2D eigenvalue weighted by atomic mass is 16.5. The molecule has 2 aromatic carbocycles. The molecule has 2 aliphatic heterocycles. The third-order valence-corrected chi connectivity index (χ3v) is 7.00. The molecule has 8 nitrogen and oxygen atoms in total. The van der Waals surface area contributed by atoms with E-state index in [4.69, 9.17) is 4.74 Å². The van der Waals surface area contributed by atoms with Crippen LogP contribution in [0.5, 0.6) is 0 Å². The second kappa shape index (κ2) is 11.1. The van der Waals surface area contributed by atoms with Crippen molar-refractivity contribution in [2.45, 2.75) is 6.42 Å². The van der Waals surface area contributed by atoms with Crippen molar-refractivity contribution in [3.8, 4) is 0 Å². The minimum Gasteiger partial charge on any atom is -0.379 e. The Labute approximate surface area is 221 Å². The lowest BCUT2D eigenvalue weighted by Crippen LogP contribution is -2.39. The van der Waals surface area contributed by atoms with Gasteiger partial charge in [-0.25, -0.2) is 0 Å². The minimum absolute atomic E-state index is 0.275. The van der Waals surface area contributed by atoms with Crippen LogP contribution in [-0.4, -0.2) is 71.6 Å². The summed E-state index contributed by atoms with van der Waals surface area (Å²) < 4.78 is 5.48. The normalized spacial score (nSPS) is 17.9. The van der Waals surface area contributed by atoms with E-state index in [0.29, 0.717) is 17.3 Å². The summed E-state index contributed by atoms with van der Waals surface area (Å²) in [4.78, 5) is 24.7. The van der Waals surface area contributed by atoms with Crippen LogP contribution < -0.4 is 5.32 Å². The molecule has 2 aromatic heterocycles. The van der Waals surface area contributed by atoms with Gasteiger partial charge in [-0.2, -0.15) is 5.10 Å². The zero-order chi connectivity index (χ0) is 25.7. The standard InChI is InChI=1S/C30H30N6O2/c37-30(33-26-8-7-25(32-19-26)15-21-4-2-1-3-5-21)29-27-16-23(6-9-28(27)34-35-29)24-14-22(17-31-18-24)20-36-10-12-38-13-11-36/h1-9,14,16,18-19,22H,10-13,15,17,20H2,(H,33,37)(H,34,35). The van der Waals surface area contributed by atoms with E-state index in [1.807, 2.05) is 54.7 Å². The topological polar surface area (TPSA) is 95.5 Å². The molecule has 2 N–H and O–H groups in total. The number of pyridine rings is 1. The number of nitrogens with one attached hydrogen (secondary N) is 2. The smallest absolute Gasteiger partial charge is 0.276 e. The van der Waals surface area contributed by atoms with E-state index >= 15 is 0 Å². The average molecular weight is 507 g/mol. The van der Waals surface area contributed by atoms with Gasteiger partial charge in [-0.1, -0.05) is 42.5 Å². The van der Waals surface area contributed by atoms with Gasteiger partial charge in [-0.05, 0) is 41.0 Å². The van der Waals surface area contributed by atoms with Gasteiger partial charge in [0.1, 0.15) is 0 Å². The number of ether oxygens (including phenoxy) is 1. The zero-order valence-electron chi connectivity index (χ0n) is 21.1. The summed E-state index contributed by atoms with van der Waals surface area (Å²) in [6.07, 6.45) is 6.66. The maximum absolute atomic E-state index is 13.1. The quantitative estimate of drug-likeness (QED) is 0.391. The molecule has 8 heteroatoms. The van der Waals surface area contributed by atoms with Gasteiger partial charge < -0.3 is 10.1 Å². The molecular weight excluding hydrogens is 476 g/mol. The van der Waals surface area contributed by atoms with Crippen molar-refractivity contribution in [1.29, 1.82) is 0 Å². The number of aromatic nitrogens is 3. The van der Waals surface area contributed by atoms with E-state index in [1.54, 1.807) is 6.20 Å². The number of amides is 1. The number of aliphatic imine (C=N–C) groups is 1. The Kier molecular flexibility index (Phi) is 7.06. The molecule has 38 heavy (non-hydrogen) atoms. The SMILES string of the molecule is O=C(Nc1ccc(Cc2ccccc2)nc1)c1n[nH]c2ccc(C3=CC(CN4CCOCC4)CN=C3)cc12. The van der Waals surface area contributed by atoms with Gasteiger partial charge in [0.25, 0.3) is 5.91 Å². The summed E-state index contributed by atoms with van der Waals surface area (Å²) in [6.45, 7) is 5.29. The van der Waals surface area contributed by atoms with Crippen LogP contribution in [-0.2, 0) is 11.2 Å². The van der Waals surface area contributed by atoms with E-state index in [2.05, 4.69) is 48.6 Å². The molecule has 0 aliphatic carbocycles. The molecule has 4 heterocycles. The summed E-state index contributed by atoms with van der Waals surface area (Å²) in [7, 11) is 0. The van der Waals surface area contributed by atoms with Crippen molar-refractivity contribution >= 4 is 34.3 Å². The molecule has 0 bridgehead atoms. The number of hydrogen-bond donors (Lipinski definition) is 2. The van der Waals surface area contributed by atoms with E-state index in [1.165, 1.54) is 5.56 Å². The Bertz CT molecular complexity index is 1470. The number of H-pyrrole nitrogens is 1. The number of anilines is 1. The highest BCUT2D eigenvalue weighted by Crippen LogP contribution is 2.25. The van der Waals surface area contributed by atoms with Gasteiger partial charge in [0.2, 0.25) is 0 Å². The number of benzene rings is 2. The molecule has 0 radical (unpaired) electrons. The molecule has 0 saturated carbocycles. The van der Waals surface area contributed by atoms with Crippen molar-refractivity contribution in [3.63, 3.8) is 0 Å². The Balaban J connectivity index is 1.16. The third-order valence-electron chi connectivity index (χ3n) is 7.00. The second-order valence-corrected chi connectivity index (χ2v) is 9.78. The highest BCUT2D eigenvalue weighted by molar-refractivity contribution is 6.14. The number of allylic oxidation sites excluding steroid dienone is 1. The predicted octanol–water partition coefficient (Wildman–Crippen LogP) is 4.22. The van der Waals surface area contributed by atoms with Gasteiger partial charge in [0.05, 0.1) is 30.6 Å². The maximum atomic E-state index is 13.1. The van der Waals surface area contributed by atoms with E-state index in [-0.39, 0.29) is 5.91 Å². The molecule has 6 rings (SSSR count). The molecule has 192 valence electrons. The van der Waals surface area contributed by atoms with E-state index < -0.39 is 0 Å². The fourth-order valence-electron chi connectivity index (χ4n) is 5.00. The van der Waals surface area contributed by atoms with Crippen LogP contribution in [0.2, 0.25) is 0 Å². The number of nitrogens with zero attached hydrogens (tertiary/aromatic N) is 4. The average Bonchev–Trinajstić information content (AvgIpc) is 3.39. The number of dihydropyridines is 1. The fraction of sp³-hybridized carbons (Fsp3) is 0.267. The molecule has 4 aromatic rings. The second-order valence-electron chi connectivity index (χ2n) is 9.78. The largest absolute Gasteiger partial charge is 0.379 e. The van der Waals surface area contributed by atoms with Crippen LogP contribution in [0.4, 0.5) is 5.69 Å². The monoisotopic (exact) mass is 506 g/mol. The van der Waals surface area contributed by atoms with Gasteiger partial charge >= 0.3 is 0 Å². The first kappa shape index (κ1) is 24.2. The first-order chi connectivity index (χ1) is 18.7. The van der Waals surface area contributed by atoms with Crippen molar-refractivity contribution in [2.24, 2.45) is 10.9 Å². The lowest BCUT2D eigenvalue weighted by molar-refractivity contribution is 0.0338. The first-order valence-electron chi connectivity index (χ1n) is 13.0. The van der Waals surface area contributed by atoms with E-state index in [9.17, 15) is 4.79 Å². The Morgan fingerprint density at radius 3 is 2.76 bits per heavy atom. The van der Waals surface area contributed by atoms with Crippen LogP contribution in [0.15, 0.2) is 77.9 Å². The molecule has 1 unspecified atom stereocenters. The molecular formula is C30H30N6O2.